The molecule has 0 unspecified atom stereocenters. The van der Waals surface area contributed by atoms with Crippen LogP contribution in [0.15, 0.2) is 35.1 Å². The predicted molar refractivity (Wildman–Crippen MR) is 57.4 cm³/mol. The lowest BCUT2D eigenvalue weighted by atomic mass is 10.5. The number of hydrogen-bond acceptors (Lipinski definition) is 4. The number of alkyl halides is 6. The van der Waals surface area contributed by atoms with Crippen LogP contribution in [0, 0.1) is 0 Å². The first-order valence-electron chi connectivity index (χ1n) is 4.30. The zero-order chi connectivity index (χ0) is 16.4. The highest BCUT2D eigenvalue weighted by Crippen LogP contribution is 2.33. The van der Waals surface area contributed by atoms with Gasteiger partial charge in [0, 0.05) is 0 Å². The normalized spacial score (nSPS) is 15.6. The van der Waals surface area contributed by atoms with E-state index in [0.29, 0.717) is 6.08 Å². The van der Waals surface area contributed by atoms with Crippen molar-refractivity contribution in [1.29, 1.82) is 0 Å². The van der Waals surface area contributed by atoms with Crippen molar-refractivity contribution in [2.24, 2.45) is 0 Å². The van der Waals surface area contributed by atoms with Crippen LogP contribution in [0.1, 0.15) is 0 Å². The van der Waals surface area contributed by atoms with Crippen molar-refractivity contribution in [2.75, 3.05) is 0 Å². The molecule has 0 radical (unpaired) electrons. The van der Waals surface area contributed by atoms with E-state index in [1.54, 1.807) is 0 Å². The van der Waals surface area contributed by atoms with Crippen molar-refractivity contribution in [3.8, 4) is 0 Å². The SMILES string of the molecule is C=CC=CC(=CS(=O)(=O)C(F)(F)F)S(=O)(=O)C(F)(F)F. The maximum absolute atomic E-state index is 12.2. The van der Waals surface area contributed by atoms with Crippen molar-refractivity contribution in [3.63, 3.8) is 0 Å². The monoisotopic (exact) mass is 344 g/mol. The number of allylic oxidation sites excluding steroid dienone is 3. The summed E-state index contributed by atoms with van der Waals surface area (Å²) < 4.78 is 116. The van der Waals surface area contributed by atoms with Gasteiger partial charge in [-0.1, -0.05) is 18.7 Å². The van der Waals surface area contributed by atoms with E-state index in [1.807, 2.05) is 0 Å². The average molecular weight is 344 g/mol. The van der Waals surface area contributed by atoms with Gasteiger partial charge in [0.1, 0.15) is 0 Å². The number of sulfone groups is 2. The highest BCUT2D eigenvalue weighted by Gasteiger charge is 2.50. The van der Waals surface area contributed by atoms with Gasteiger partial charge in [0.05, 0.1) is 10.3 Å². The van der Waals surface area contributed by atoms with E-state index in [4.69, 9.17) is 0 Å². The molecule has 0 saturated carbocycles. The Morgan fingerprint density at radius 2 is 1.35 bits per heavy atom. The second-order valence-corrected chi connectivity index (χ2v) is 6.78. The quantitative estimate of drug-likeness (QED) is 0.580. The van der Waals surface area contributed by atoms with E-state index in [9.17, 15) is 43.2 Å². The molecular formula is C8H6F6O4S2. The molecule has 0 N–H and O–H groups in total. The first-order chi connectivity index (χ1) is 8.67. The lowest BCUT2D eigenvalue weighted by molar-refractivity contribution is -0.0436. The van der Waals surface area contributed by atoms with Gasteiger partial charge in [0.2, 0.25) is 0 Å². The zero-order valence-corrected chi connectivity index (χ0v) is 10.9. The molecule has 12 heteroatoms. The first kappa shape index (κ1) is 18.7. The van der Waals surface area contributed by atoms with Crippen LogP contribution in [0.2, 0.25) is 0 Å². The van der Waals surface area contributed by atoms with Gasteiger partial charge in [-0.05, 0) is 6.08 Å². The third-order valence-corrected chi connectivity index (χ3v) is 4.45. The smallest absolute Gasteiger partial charge is 0.215 e. The summed E-state index contributed by atoms with van der Waals surface area (Å²) in [5.74, 6) is 0. The largest absolute Gasteiger partial charge is 0.501 e. The molecule has 0 bridgehead atoms. The lowest BCUT2D eigenvalue weighted by Crippen LogP contribution is -2.27. The second kappa shape index (κ2) is 5.60. The van der Waals surface area contributed by atoms with Gasteiger partial charge in [-0.25, -0.2) is 16.8 Å². The van der Waals surface area contributed by atoms with Crippen LogP contribution in [-0.4, -0.2) is 27.9 Å². The van der Waals surface area contributed by atoms with E-state index < -0.39 is 41.0 Å². The van der Waals surface area contributed by atoms with Gasteiger partial charge in [-0.3, -0.25) is 0 Å². The Bertz CT molecular complexity index is 633. The molecule has 0 aliphatic heterocycles. The summed E-state index contributed by atoms with van der Waals surface area (Å²) >= 11 is 0. The summed E-state index contributed by atoms with van der Waals surface area (Å²) in [5.41, 5.74) is -11.9. The van der Waals surface area contributed by atoms with Gasteiger partial charge >= 0.3 is 11.0 Å². The molecule has 4 nitrogen and oxygen atoms in total. The standard InChI is InChI=1S/C8H6F6O4S2/c1-2-3-4-6(20(17,18)8(12,13)14)5-19(15,16)7(9,10)11/h2-5H,1H2. The van der Waals surface area contributed by atoms with Crippen LogP contribution in [0.5, 0.6) is 0 Å². The molecule has 0 aromatic rings. The molecule has 0 atom stereocenters. The maximum atomic E-state index is 12.2. The molecule has 20 heavy (non-hydrogen) atoms. The van der Waals surface area contributed by atoms with Crippen LogP contribution in [-0.2, 0) is 19.7 Å². The summed E-state index contributed by atoms with van der Waals surface area (Å²) in [6.07, 6.45) is 1.33. The maximum Gasteiger partial charge on any atom is 0.501 e. The summed E-state index contributed by atoms with van der Waals surface area (Å²) in [6.45, 7) is 2.96. The van der Waals surface area contributed by atoms with Crippen molar-refractivity contribution < 1.29 is 43.2 Å². The fraction of sp³-hybridized carbons (Fsp3) is 0.250. The van der Waals surface area contributed by atoms with E-state index >= 15 is 0 Å². The minimum Gasteiger partial charge on any atom is -0.215 e. The Labute approximate surface area is 109 Å². The molecule has 0 saturated heterocycles. The second-order valence-electron chi connectivity index (χ2n) is 3.05. The Hall–Kier alpha value is -1.30. The van der Waals surface area contributed by atoms with Crippen molar-refractivity contribution in [1.82, 2.24) is 0 Å². The van der Waals surface area contributed by atoms with Crippen LogP contribution < -0.4 is 0 Å². The van der Waals surface area contributed by atoms with Crippen LogP contribution in [0.4, 0.5) is 26.3 Å². The summed E-state index contributed by atoms with van der Waals surface area (Å²) in [6, 6.07) is 0. The van der Waals surface area contributed by atoms with E-state index in [1.165, 1.54) is 0 Å². The fourth-order valence-electron chi connectivity index (χ4n) is 0.708. The molecule has 0 spiro atoms. The Balaban J connectivity index is 6.27. The van der Waals surface area contributed by atoms with Crippen molar-refractivity contribution in [3.05, 3.63) is 35.1 Å². The van der Waals surface area contributed by atoms with E-state index in [2.05, 4.69) is 6.58 Å². The molecule has 0 heterocycles. The first-order valence-corrected chi connectivity index (χ1v) is 7.33. The number of rotatable bonds is 4. The highest BCUT2D eigenvalue weighted by molar-refractivity contribution is 7.99. The highest BCUT2D eigenvalue weighted by atomic mass is 32.2. The van der Waals surface area contributed by atoms with Crippen LogP contribution >= 0.6 is 0 Å². The Kier molecular flexibility index (Phi) is 5.23. The summed E-state index contributed by atoms with van der Waals surface area (Å²) in [5, 5.41) is -1.00. The van der Waals surface area contributed by atoms with E-state index in [-0.39, 0.29) is 6.08 Å². The fourth-order valence-corrected chi connectivity index (χ4v) is 2.64. The molecule has 0 aromatic carbocycles. The average Bonchev–Trinajstić information content (AvgIpc) is 2.20. The lowest BCUT2D eigenvalue weighted by Gasteiger charge is -2.10. The van der Waals surface area contributed by atoms with Crippen molar-refractivity contribution >= 4 is 19.7 Å². The van der Waals surface area contributed by atoms with Gasteiger partial charge in [-0.15, -0.1) is 0 Å². The van der Waals surface area contributed by atoms with E-state index in [0.717, 1.165) is 6.08 Å². The van der Waals surface area contributed by atoms with Gasteiger partial charge in [0.25, 0.3) is 19.7 Å². The summed E-state index contributed by atoms with van der Waals surface area (Å²) in [4.78, 5) is -2.07. The minimum atomic E-state index is -6.26. The van der Waals surface area contributed by atoms with Gasteiger partial charge in [-0.2, -0.15) is 26.3 Å². The minimum absolute atomic E-state index is 0.0408. The van der Waals surface area contributed by atoms with Crippen LogP contribution in [0.3, 0.4) is 0 Å². The molecule has 0 aliphatic rings. The molecule has 0 amide bonds. The topological polar surface area (TPSA) is 68.3 Å². The summed E-state index contributed by atoms with van der Waals surface area (Å²) in [7, 11) is -12.5. The Morgan fingerprint density at radius 1 is 0.900 bits per heavy atom. The molecule has 0 fully saturated rings. The zero-order valence-electron chi connectivity index (χ0n) is 9.23. The van der Waals surface area contributed by atoms with Gasteiger partial charge < -0.3 is 0 Å². The molecule has 0 aliphatic carbocycles. The van der Waals surface area contributed by atoms with Crippen molar-refractivity contribution in [2.45, 2.75) is 11.0 Å². The Morgan fingerprint density at radius 3 is 1.65 bits per heavy atom. The molecular weight excluding hydrogens is 338 g/mol. The van der Waals surface area contributed by atoms with Gasteiger partial charge in [0.15, 0.2) is 0 Å². The third-order valence-electron chi connectivity index (χ3n) is 1.61. The number of halogens is 6. The molecule has 0 aromatic heterocycles. The molecule has 116 valence electrons. The predicted octanol–water partition coefficient (Wildman–Crippen LogP) is 2.44. The van der Waals surface area contributed by atoms with Crippen LogP contribution in [0.25, 0.3) is 0 Å². The third kappa shape index (κ3) is 4.10. The molecule has 0 rings (SSSR count). The number of hydrogen-bond donors (Lipinski definition) is 0.